The van der Waals surface area contributed by atoms with E-state index in [0.29, 0.717) is 19.6 Å². The van der Waals surface area contributed by atoms with E-state index in [2.05, 4.69) is 0 Å². The van der Waals surface area contributed by atoms with Gasteiger partial charge in [-0.2, -0.15) is 0 Å². The lowest BCUT2D eigenvalue weighted by atomic mass is 10.3. The highest BCUT2D eigenvalue weighted by molar-refractivity contribution is 5.71. The Kier molecular flexibility index (Phi) is 6.15. The summed E-state index contributed by atoms with van der Waals surface area (Å²) in [6.07, 6.45) is 2.02. The zero-order chi connectivity index (χ0) is 9.40. The summed E-state index contributed by atoms with van der Waals surface area (Å²) in [7, 11) is 0. The van der Waals surface area contributed by atoms with Crippen LogP contribution in [0.3, 0.4) is 0 Å². The average Bonchev–Trinajstić information content (AvgIpc) is 2.02. The van der Waals surface area contributed by atoms with Gasteiger partial charge in [-0.15, -0.1) is 0 Å². The van der Waals surface area contributed by atoms with Gasteiger partial charge in [0.05, 0.1) is 25.4 Å². The molecule has 0 aromatic rings. The van der Waals surface area contributed by atoms with Gasteiger partial charge in [0, 0.05) is 0 Å². The Hall–Kier alpha value is -0.990. The number of carbonyl (C=O) groups excluding carboxylic acids is 1. The van der Waals surface area contributed by atoms with E-state index in [-0.39, 0.29) is 5.97 Å². The number of allylic oxidation sites excluding steroid dienone is 1. The van der Waals surface area contributed by atoms with Crippen LogP contribution in [0.1, 0.15) is 27.2 Å². The van der Waals surface area contributed by atoms with E-state index < -0.39 is 0 Å². The minimum atomic E-state index is -0.212. The maximum atomic E-state index is 10.8. The van der Waals surface area contributed by atoms with Crippen molar-refractivity contribution in [1.29, 1.82) is 0 Å². The molecule has 12 heavy (non-hydrogen) atoms. The van der Waals surface area contributed by atoms with Crippen LogP contribution in [0.4, 0.5) is 0 Å². The fourth-order valence-electron chi connectivity index (χ4n) is 0.734. The van der Waals surface area contributed by atoms with E-state index in [9.17, 15) is 4.79 Å². The lowest BCUT2D eigenvalue weighted by Gasteiger charge is -2.02. The van der Waals surface area contributed by atoms with E-state index in [4.69, 9.17) is 9.47 Å². The molecule has 0 unspecified atom stereocenters. The Labute approximate surface area is 73.4 Å². The van der Waals surface area contributed by atoms with Gasteiger partial charge >= 0.3 is 5.97 Å². The molecule has 0 aromatic heterocycles. The molecule has 3 nitrogen and oxygen atoms in total. The predicted molar refractivity (Wildman–Crippen MR) is 46.6 cm³/mol. The number of rotatable bonds is 5. The molecule has 0 saturated carbocycles. The van der Waals surface area contributed by atoms with Crippen LogP contribution in [0, 0.1) is 0 Å². The highest BCUT2D eigenvalue weighted by Gasteiger charge is 1.97. The van der Waals surface area contributed by atoms with Gasteiger partial charge in [0.25, 0.3) is 0 Å². The van der Waals surface area contributed by atoms with Crippen molar-refractivity contribution in [2.45, 2.75) is 27.2 Å². The van der Waals surface area contributed by atoms with Gasteiger partial charge in [0.15, 0.2) is 0 Å². The molecule has 0 atom stereocenters. The van der Waals surface area contributed by atoms with Crippen LogP contribution >= 0.6 is 0 Å². The molecule has 0 aliphatic heterocycles. The van der Waals surface area contributed by atoms with E-state index in [1.807, 2.05) is 13.8 Å². The van der Waals surface area contributed by atoms with Crippen molar-refractivity contribution in [1.82, 2.24) is 0 Å². The molecule has 0 heterocycles. The minimum Gasteiger partial charge on any atom is -0.499 e. The fraction of sp³-hybridized carbons (Fsp3) is 0.667. The molecular formula is C9H16O3. The van der Waals surface area contributed by atoms with Gasteiger partial charge in [-0.05, 0) is 26.8 Å². The average molecular weight is 172 g/mol. The third-order valence-electron chi connectivity index (χ3n) is 1.23. The molecule has 0 fully saturated rings. The molecule has 70 valence electrons. The van der Waals surface area contributed by atoms with Crippen LogP contribution in [0.2, 0.25) is 0 Å². The van der Waals surface area contributed by atoms with Crippen LogP contribution in [-0.4, -0.2) is 19.2 Å². The SMILES string of the molecule is CCOC(=O)C/C=C(\C)OCC. The van der Waals surface area contributed by atoms with Crippen LogP contribution in [0.25, 0.3) is 0 Å². The number of hydrogen-bond donors (Lipinski definition) is 0. The van der Waals surface area contributed by atoms with Crippen molar-refractivity contribution in [3.05, 3.63) is 11.8 Å². The summed E-state index contributed by atoms with van der Waals surface area (Å²) in [6.45, 7) is 6.58. The van der Waals surface area contributed by atoms with E-state index >= 15 is 0 Å². The third kappa shape index (κ3) is 5.77. The zero-order valence-corrected chi connectivity index (χ0v) is 7.92. The van der Waals surface area contributed by atoms with Gasteiger partial charge in [-0.25, -0.2) is 0 Å². The number of carbonyl (C=O) groups is 1. The molecule has 0 aliphatic rings. The summed E-state index contributed by atoms with van der Waals surface area (Å²) in [6, 6.07) is 0. The Morgan fingerprint density at radius 2 is 1.83 bits per heavy atom. The molecule has 0 rings (SSSR count). The van der Waals surface area contributed by atoms with Crippen molar-refractivity contribution in [3.63, 3.8) is 0 Å². The van der Waals surface area contributed by atoms with Crippen molar-refractivity contribution >= 4 is 5.97 Å². The van der Waals surface area contributed by atoms with Crippen LogP contribution < -0.4 is 0 Å². The predicted octanol–water partition coefficient (Wildman–Crippen LogP) is 1.88. The number of esters is 1. The van der Waals surface area contributed by atoms with Crippen LogP contribution in [0.5, 0.6) is 0 Å². The maximum Gasteiger partial charge on any atom is 0.309 e. The Balaban J connectivity index is 3.63. The molecule has 0 bridgehead atoms. The van der Waals surface area contributed by atoms with Crippen molar-refractivity contribution < 1.29 is 14.3 Å². The summed E-state index contributed by atoms with van der Waals surface area (Å²) in [5, 5.41) is 0. The second-order valence-corrected chi connectivity index (χ2v) is 2.26. The lowest BCUT2D eigenvalue weighted by Crippen LogP contribution is -2.02. The first-order valence-electron chi connectivity index (χ1n) is 4.15. The highest BCUT2D eigenvalue weighted by Crippen LogP contribution is 1.98. The standard InChI is InChI=1S/C9H16O3/c1-4-11-8(3)6-7-9(10)12-5-2/h6H,4-5,7H2,1-3H3/b8-6+. The normalized spacial score (nSPS) is 11.1. The molecule has 0 aromatic carbocycles. The molecule has 0 saturated heterocycles. The summed E-state index contributed by atoms with van der Waals surface area (Å²) >= 11 is 0. The van der Waals surface area contributed by atoms with Gasteiger partial charge in [0.1, 0.15) is 0 Å². The minimum absolute atomic E-state index is 0.212. The lowest BCUT2D eigenvalue weighted by molar-refractivity contribution is -0.142. The molecule has 3 heteroatoms. The third-order valence-corrected chi connectivity index (χ3v) is 1.23. The van der Waals surface area contributed by atoms with Crippen molar-refractivity contribution in [2.75, 3.05) is 13.2 Å². The van der Waals surface area contributed by atoms with E-state index in [1.165, 1.54) is 0 Å². The smallest absolute Gasteiger partial charge is 0.309 e. The Bertz CT molecular complexity index is 161. The summed E-state index contributed by atoms with van der Waals surface area (Å²) in [5.41, 5.74) is 0. The van der Waals surface area contributed by atoms with E-state index in [0.717, 1.165) is 5.76 Å². The summed E-state index contributed by atoms with van der Waals surface area (Å²) in [5.74, 6) is 0.558. The quantitative estimate of drug-likeness (QED) is 0.469. The Morgan fingerprint density at radius 1 is 1.25 bits per heavy atom. The second-order valence-electron chi connectivity index (χ2n) is 2.26. The number of hydrogen-bond acceptors (Lipinski definition) is 3. The van der Waals surface area contributed by atoms with Crippen LogP contribution in [0.15, 0.2) is 11.8 Å². The Morgan fingerprint density at radius 3 is 2.33 bits per heavy atom. The van der Waals surface area contributed by atoms with E-state index in [1.54, 1.807) is 13.0 Å². The maximum absolute atomic E-state index is 10.8. The van der Waals surface area contributed by atoms with Gasteiger partial charge in [-0.3, -0.25) is 4.79 Å². The molecule has 0 aliphatic carbocycles. The topological polar surface area (TPSA) is 35.5 Å². The number of ether oxygens (including phenoxy) is 2. The first kappa shape index (κ1) is 11.0. The monoisotopic (exact) mass is 172 g/mol. The molecule has 0 spiro atoms. The highest BCUT2D eigenvalue weighted by atomic mass is 16.5. The van der Waals surface area contributed by atoms with Gasteiger partial charge in [0.2, 0.25) is 0 Å². The molecule has 0 radical (unpaired) electrons. The summed E-state index contributed by atoms with van der Waals surface area (Å²) in [4.78, 5) is 10.8. The van der Waals surface area contributed by atoms with Crippen molar-refractivity contribution in [3.8, 4) is 0 Å². The zero-order valence-electron chi connectivity index (χ0n) is 7.92. The fourth-order valence-corrected chi connectivity index (χ4v) is 0.734. The van der Waals surface area contributed by atoms with Gasteiger partial charge in [-0.1, -0.05) is 0 Å². The second kappa shape index (κ2) is 6.70. The first-order valence-corrected chi connectivity index (χ1v) is 4.15. The van der Waals surface area contributed by atoms with Crippen molar-refractivity contribution in [2.24, 2.45) is 0 Å². The van der Waals surface area contributed by atoms with Crippen LogP contribution in [-0.2, 0) is 14.3 Å². The molecule has 0 N–H and O–H groups in total. The molecule has 0 amide bonds. The molecular weight excluding hydrogens is 156 g/mol. The van der Waals surface area contributed by atoms with Gasteiger partial charge < -0.3 is 9.47 Å². The first-order chi connectivity index (χ1) is 5.70. The largest absolute Gasteiger partial charge is 0.499 e. The summed E-state index contributed by atoms with van der Waals surface area (Å²) < 4.78 is 9.86.